The molecule has 1 atom stereocenters. The average Bonchev–Trinajstić information content (AvgIpc) is 3.33. The number of aromatic nitrogens is 1. The molecule has 0 fully saturated rings. The van der Waals surface area contributed by atoms with Crippen molar-refractivity contribution in [2.45, 2.75) is 25.6 Å². The van der Waals surface area contributed by atoms with Crippen LogP contribution in [0.1, 0.15) is 16.7 Å². The number of H-pyrrole nitrogens is 1. The van der Waals surface area contributed by atoms with Gasteiger partial charge in [-0.1, -0.05) is 54.6 Å². The van der Waals surface area contributed by atoms with E-state index in [0.29, 0.717) is 17.9 Å². The van der Waals surface area contributed by atoms with E-state index in [1.54, 1.807) is 26.4 Å². The number of carbonyl (C=O) groups is 2. The Morgan fingerprint density at radius 1 is 0.889 bits per heavy atom. The summed E-state index contributed by atoms with van der Waals surface area (Å²) in [5.41, 5.74) is 3.57. The zero-order chi connectivity index (χ0) is 25.3. The van der Waals surface area contributed by atoms with E-state index < -0.39 is 12.1 Å². The Bertz CT molecular complexity index is 1320. The summed E-state index contributed by atoms with van der Waals surface area (Å²) in [4.78, 5) is 29.0. The number of hydrogen-bond acceptors (Lipinski definition) is 5. The highest BCUT2D eigenvalue weighted by molar-refractivity contribution is 5.88. The molecule has 3 aromatic carbocycles. The van der Waals surface area contributed by atoms with Crippen molar-refractivity contribution < 1.29 is 23.8 Å². The number of hydrogen-bond donors (Lipinski definition) is 3. The average molecular weight is 488 g/mol. The van der Waals surface area contributed by atoms with Crippen LogP contribution in [-0.2, 0) is 29.1 Å². The van der Waals surface area contributed by atoms with Crippen LogP contribution >= 0.6 is 0 Å². The van der Waals surface area contributed by atoms with Gasteiger partial charge in [-0.2, -0.15) is 0 Å². The summed E-state index contributed by atoms with van der Waals surface area (Å²) in [7, 11) is 3.12. The summed E-state index contributed by atoms with van der Waals surface area (Å²) in [5, 5.41) is 6.64. The van der Waals surface area contributed by atoms with Crippen molar-refractivity contribution in [1.29, 1.82) is 0 Å². The maximum Gasteiger partial charge on any atom is 0.408 e. The first-order valence-electron chi connectivity index (χ1n) is 11.6. The Morgan fingerprint density at radius 3 is 2.42 bits per heavy atom. The standard InChI is InChI=1S/C28H29N3O5/c1-34-25-13-12-20(14-26(25)35-2)16-30-27(32)24(15-21-17-29-23-11-7-6-10-22(21)23)31-28(33)36-18-19-8-4-3-5-9-19/h3-14,17,24,29H,15-16,18H2,1-2H3,(H,30,32)(H,31,33). The molecule has 186 valence electrons. The highest BCUT2D eigenvalue weighted by Crippen LogP contribution is 2.27. The van der Waals surface area contributed by atoms with Crippen molar-refractivity contribution in [2.75, 3.05) is 14.2 Å². The number of benzene rings is 3. The number of methoxy groups -OCH3 is 2. The van der Waals surface area contributed by atoms with Gasteiger partial charge in [0.25, 0.3) is 0 Å². The Balaban J connectivity index is 1.46. The van der Waals surface area contributed by atoms with Crippen molar-refractivity contribution in [2.24, 2.45) is 0 Å². The van der Waals surface area contributed by atoms with E-state index in [-0.39, 0.29) is 19.1 Å². The smallest absolute Gasteiger partial charge is 0.408 e. The molecule has 36 heavy (non-hydrogen) atoms. The molecule has 0 saturated heterocycles. The molecule has 1 unspecified atom stereocenters. The van der Waals surface area contributed by atoms with Gasteiger partial charge in [0.05, 0.1) is 14.2 Å². The van der Waals surface area contributed by atoms with Gasteiger partial charge in [0.2, 0.25) is 5.91 Å². The largest absolute Gasteiger partial charge is 0.493 e. The minimum Gasteiger partial charge on any atom is -0.493 e. The first kappa shape index (κ1) is 24.7. The Morgan fingerprint density at radius 2 is 1.64 bits per heavy atom. The summed E-state index contributed by atoms with van der Waals surface area (Å²) in [6.45, 7) is 0.365. The van der Waals surface area contributed by atoms with Gasteiger partial charge in [-0.3, -0.25) is 4.79 Å². The predicted octanol–water partition coefficient (Wildman–Crippen LogP) is 4.34. The van der Waals surface area contributed by atoms with Gasteiger partial charge in [0.1, 0.15) is 12.6 Å². The Hall–Kier alpha value is -4.46. The molecule has 0 bridgehead atoms. The molecule has 0 radical (unpaired) electrons. The van der Waals surface area contributed by atoms with E-state index in [0.717, 1.165) is 27.6 Å². The van der Waals surface area contributed by atoms with Gasteiger partial charge >= 0.3 is 6.09 Å². The second kappa shape index (κ2) is 11.8. The fraction of sp³-hybridized carbons (Fsp3) is 0.214. The lowest BCUT2D eigenvalue weighted by Crippen LogP contribution is -2.48. The van der Waals surface area contributed by atoms with Crippen molar-refractivity contribution in [3.05, 3.63) is 95.7 Å². The van der Waals surface area contributed by atoms with Crippen LogP contribution in [0.5, 0.6) is 11.5 Å². The number of nitrogens with one attached hydrogen (secondary N) is 3. The maximum atomic E-state index is 13.2. The SMILES string of the molecule is COc1ccc(CNC(=O)C(Cc2c[nH]c3ccccc23)NC(=O)OCc2ccccc2)cc1OC. The quantitative estimate of drug-likeness (QED) is 0.309. The summed E-state index contributed by atoms with van der Waals surface area (Å²) in [5.74, 6) is 0.849. The normalized spacial score (nSPS) is 11.5. The third-order valence-corrected chi connectivity index (χ3v) is 5.83. The number of ether oxygens (including phenoxy) is 3. The monoisotopic (exact) mass is 487 g/mol. The van der Waals surface area contributed by atoms with Crippen LogP contribution in [-0.4, -0.2) is 37.2 Å². The molecule has 2 amide bonds. The molecular weight excluding hydrogens is 458 g/mol. The van der Waals surface area contributed by atoms with Crippen molar-refractivity contribution in [3.8, 4) is 11.5 Å². The number of aromatic amines is 1. The summed E-state index contributed by atoms with van der Waals surface area (Å²) >= 11 is 0. The lowest BCUT2D eigenvalue weighted by Gasteiger charge is -2.19. The van der Waals surface area contributed by atoms with Gasteiger partial charge in [0.15, 0.2) is 11.5 Å². The predicted molar refractivity (Wildman–Crippen MR) is 137 cm³/mol. The van der Waals surface area contributed by atoms with Gasteiger partial charge in [-0.25, -0.2) is 4.79 Å². The molecule has 0 aliphatic heterocycles. The molecule has 3 N–H and O–H groups in total. The lowest BCUT2D eigenvalue weighted by atomic mass is 10.0. The number of para-hydroxylation sites is 1. The molecule has 0 spiro atoms. The van der Waals surface area contributed by atoms with E-state index in [1.165, 1.54) is 0 Å². The van der Waals surface area contributed by atoms with Crippen LogP contribution in [0.15, 0.2) is 79.0 Å². The van der Waals surface area contributed by atoms with Gasteiger partial charge < -0.3 is 29.8 Å². The molecule has 8 heteroatoms. The van der Waals surface area contributed by atoms with Gasteiger partial charge in [-0.05, 0) is 34.9 Å². The number of alkyl carbamates (subject to hydrolysis) is 1. The van der Waals surface area contributed by atoms with E-state index in [2.05, 4.69) is 15.6 Å². The molecule has 0 aliphatic carbocycles. The second-order valence-corrected chi connectivity index (χ2v) is 8.23. The fourth-order valence-corrected chi connectivity index (χ4v) is 3.94. The van der Waals surface area contributed by atoms with Crippen LogP contribution in [0, 0.1) is 0 Å². The molecule has 0 saturated carbocycles. The zero-order valence-electron chi connectivity index (χ0n) is 20.2. The van der Waals surface area contributed by atoms with Crippen LogP contribution in [0.3, 0.4) is 0 Å². The van der Waals surface area contributed by atoms with Crippen molar-refractivity contribution in [1.82, 2.24) is 15.6 Å². The van der Waals surface area contributed by atoms with Crippen LogP contribution in [0.2, 0.25) is 0 Å². The topological polar surface area (TPSA) is 102 Å². The zero-order valence-corrected chi connectivity index (χ0v) is 20.2. The molecule has 4 aromatic rings. The number of carbonyl (C=O) groups excluding carboxylic acids is 2. The van der Waals surface area contributed by atoms with E-state index in [4.69, 9.17) is 14.2 Å². The molecule has 4 rings (SSSR count). The second-order valence-electron chi connectivity index (χ2n) is 8.23. The minimum absolute atomic E-state index is 0.111. The van der Waals surface area contributed by atoms with Crippen LogP contribution in [0.4, 0.5) is 4.79 Å². The minimum atomic E-state index is -0.840. The Labute approximate surface area is 209 Å². The first-order chi connectivity index (χ1) is 17.6. The molecular formula is C28H29N3O5. The van der Waals surface area contributed by atoms with E-state index in [1.807, 2.05) is 66.9 Å². The van der Waals surface area contributed by atoms with Crippen molar-refractivity contribution >= 4 is 22.9 Å². The van der Waals surface area contributed by atoms with Crippen molar-refractivity contribution in [3.63, 3.8) is 0 Å². The van der Waals surface area contributed by atoms with E-state index in [9.17, 15) is 9.59 Å². The van der Waals surface area contributed by atoms with Gasteiger partial charge in [-0.15, -0.1) is 0 Å². The summed E-state index contributed by atoms with van der Waals surface area (Å²) < 4.78 is 16.0. The number of fused-ring (bicyclic) bond motifs is 1. The number of rotatable bonds is 10. The molecule has 1 aromatic heterocycles. The summed E-state index contributed by atoms with van der Waals surface area (Å²) in [6, 6.07) is 21.8. The Kier molecular flexibility index (Phi) is 8.08. The van der Waals surface area contributed by atoms with Gasteiger partial charge in [0, 0.05) is 30.1 Å². The third kappa shape index (κ3) is 6.15. The lowest BCUT2D eigenvalue weighted by molar-refractivity contribution is -0.123. The number of amides is 2. The highest BCUT2D eigenvalue weighted by Gasteiger charge is 2.23. The highest BCUT2D eigenvalue weighted by atomic mass is 16.5. The molecule has 8 nitrogen and oxygen atoms in total. The van der Waals surface area contributed by atoms with Crippen LogP contribution in [0.25, 0.3) is 10.9 Å². The molecule has 0 aliphatic rings. The maximum absolute atomic E-state index is 13.2. The summed E-state index contributed by atoms with van der Waals surface area (Å²) in [6.07, 6.45) is 1.49. The first-order valence-corrected chi connectivity index (χ1v) is 11.6. The molecule has 1 heterocycles. The third-order valence-electron chi connectivity index (χ3n) is 5.83. The van der Waals surface area contributed by atoms with E-state index >= 15 is 0 Å². The fourth-order valence-electron chi connectivity index (χ4n) is 3.94. The van der Waals surface area contributed by atoms with Crippen LogP contribution < -0.4 is 20.1 Å².